The zero-order chi connectivity index (χ0) is 17.3. The number of rotatable bonds is 1. The molecule has 4 rings (SSSR count). The lowest BCUT2D eigenvalue weighted by molar-refractivity contribution is -0.127. The summed E-state index contributed by atoms with van der Waals surface area (Å²) in [7, 11) is 0. The highest BCUT2D eigenvalue weighted by atomic mass is 16.3. The molecule has 4 aliphatic carbocycles. The maximum atomic E-state index is 11.0. The fraction of sp³-hybridized carbons (Fsp3) is 0.905. The van der Waals surface area contributed by atoms with Gasteiger partial charge in [0.15, 0.2) is 0 Å². The Morgan fingerprint density at radius 1 is 1.08 bits per heavy atom. The molecule has 0 spiro atoms. The molecule has 0 aromatic carbocycles. The fourth-order valence-corrected chi connectivity index (χ4v) is 7.35. The Balaban J connectivity index is 1.73. The van der Waals surface area contributed by atoms with Crippen LogP contribution in [-0.4, -0.2) is 33.6 Å². The zero-order valence-electron chi connectivity index (χ0n) is 15.5. The van der Waals surface area contributed by atoms with Crippen LogP contribution in [0.2, 0.25) is 0 Å². The minimum atomic E-state index is -0.547. The van der Waals surface area contributed by atoms with Gasteiger partial charge in [-0.25, -0.2) is 0 Å². The minimum Gasteiger partial charge on any atom is -0.395 e. The molecule has 0 radical (unpaired) electrons. The molecule has 8 atom stereocenters. The van der Waals surface area contributed by atoms with Gasteiger partial charge >= 0.3 is 0 Å². The molecule has 0 heterocycles. The van der Waals surface area contributed by atoms with Gasteiger partial charge in [0.05, 0.1) is 18.3 Å². The minimum absolute atomic E-state index is 0.0238. The second kappa shape index (κ2) is 5.31. The van der Waals surface area contributed by atoms with E-state index in [4.69, 9.17) is 0 Å². The first-order chi connectivity index (χ1) is 11.3. The van der Waals surface area contributed by atoms with Gasteiger partial charge in [-0.3, -0.25) is 0 Å². The van der Waals surface area contributed by atoms with Crippen molar-refractivity contribution in [1.82, 2.24) is 0 Å². The molecule has 0 aliphatic heterocycles. The van der Waals surface area contributed by atoms with E-state index in [1.54, 1.807) is 0 Å². The van der Waals surface area contributed by atoms with E-state index in [2.05, 4.69) is 19.9 Å². The van der Waals surface area contributed by atoms with Gasteiger partial charge in [-0.05, 0) is 75.0 Å². The molecule has 0 bridgehead atoms. The number of hydrogen-bond donors (Lipinski definition) is 3. The summed E-state index contributed by atoms with van der Waals surface area (Å²) in [5, 5.41) is 31.8. The highest BCUT2D eigenvalue weighted by Crippen LogP contribution is 2.67. The number of fused-ring (bicyclic) bond motifs is 5. The van der Waals surface area contributed by atoms with Crippen molar-refractivity contribution < 1.29 is 15.3 Å². The first kappa shape index (κ1) is 17.1. The van der Waals surface area contributed by atoms with E-state index in [1.807, 2.05) is 6.92 Å². The van der Waals surface area contributed by atoms with Crippen molar-refractivity contribution in [3.8, 4) is 0 Å². The third kappa shape index (κ3) is 1.95. The maximum Gasteiger partial charge on any atom is 0.0675 e. The van der Waals surface area contributed by atoms with Crippen LogP contribution >= 0.6 is 0 Å². The van der Waals surface area contributed by atoms with Gasteiger partial charge in [0.1, 0.15) is 0 Å². The third-order valence-electron chi connectivity index (χ3n) is 9.13. The van der Waals surface area contributed by atoms with E-state index in [9.17, 15) is 15.3 Å². The predicted molar refractivity (Wildman–Crippen MR) is 94.3 cm³/mol. The van der Waals surface area contributed by atoms with E-state index in [-0.39, 0.29) is 29.5 Å². The maximum absolute atomic E-state index is 11.0. The molecule has 0 saturated heterocycles. The molecule has 0 aromatic rings. The van der Waals surface area contributed by atoms with Crippen LogP contribution in [0.15, 0.2) is 11.6 Å². The molecule has 0 amide bonds. The summed E-state index contributed by atoms with van der Waals surface area (Å²) in [5.74, 6) is 1.84. The van der Waals surface area contributed by atoms with Gasteiger partial charge in [0.25, 0.3) is 0 Å². The smallest absolute Gasteiger partial charge is 0.0675 e. The van der Waals surface area contributed by atoms with Crippen LogP contribution in [0.3, 0.4) is 0 Å². The SMILES string of the molecule is CC1C2=CC[C@@H]3[C@@H](CC[C@@]4(C)[C@H]3CCC4(C)O)[C@@]2(CO)CCC1O. The Bertz CT molecular complexity index is 553. The molecule has 136 valence electrons. The van der Waals surface area contributed by atoms with E-state index < -0.39 is 5.60 Å². The Morgan fingerprint density at radius 3 is 2.50 bits per heavy atom. The average molecular weight is 335 g/mol. The van der Waals surface area contributed by atoms with Crippen LogP contribution < -0.4 is 0 Å². The Labute approximate surface area is 146 Å². The van der Waals surface area contributed by atoms with Crippen LogP contribution in [0.25, 0.3) is 0 Å². The average Bonchev–Trinajstić information content (AvgIpc) is 2.80. The van der Waals surface area contributed by atoms with Crippen LogP contribution in [0.1, 0.15) is 65.7 Å². The van der Waals surface area contributed by atoms with Crippen LogP contribution in [0, 0.1) is 34.5 Å². The lowest BCUT2D eigenvalue weighted by Crippen LogP contribution is -2.56. The second-order valence-electron chi connectivity index (χ2n) is 9.75. The normalized spacial score (nSPS) is 56.9. The molecule has 3 fully saturated rings. The summed E-state index contributed by atoms with van der Waals surface area (Å²) in [5.41, 5.74) is 0.695. The van der Waals surface area contributed by atoms with Gasteiger partial charge < -0.3 is 15.3 Å². The molecule has 3 heteroatoms. The number of allylic oxidation sites excluding steroid dienone is 1. The number of aliphatic hydroxyl groups excluding tert-OH is 2. The quantitative estimate of drug-likeness (QED) is 0.645. The summed E-state index contributed by atoms with van der Waals surface area (Å²) in [6, 6.07) is 0. The second-order valence-corrected chi connectivity index (χ2v) is 9.75. The summed E-state index contributed by atoms with van der Waals surface area (Å²) < 4.78 is 0. The lowest BCUT2D eigenvalue weighted by atomic mass is 9.45. The van der Waals surface area contributed by atoms with Crippen molar-refractivity contribution in [3.05, 3.63) is 11.6 Å². The van der Waals surface area contributed by atoms with Crippen LogP contribution in [0.4, 0.5) is 0 Å². The highest BCUT2D eigenvalue weighted by molar-refractivity contribution is 5.29. The van der Waals surface area contributed by atoms with Crippen molar-refractivity contribution in [3.63, 3.8) is 0 Å². The largest absolute Gasteiger partial charge is 0.395 e. The number of hydrogen-bond acceptors (Lipinski definition) is 3. The van der Waals surface area contributed by atoms with Gasteiger partial charge in [-0.2, -0.15) is 0 Å². The van der Waals surface area contributed by atoms with Gasteiger partial charge in [-0.1, -0.05) is 25.5 Å². The van der Waals surface area contributed by atoms with E-state index in [0.29, 0.717) is 17.8 Å². The summed E-state index contributed by atoms with van der Waals surface area (Å²) in [4.78, 5) is 0. The van der Waals surface area contributed by atoms with Gasteiger partial charge in [0.2, 0.25) is 0 Å². The van der Waals surface area contributed by atoms with E-state index in [0.717, 1.165) is 44.9 Å². The summed E-state index contributed by atoms with van der Waals surface area (Å²) >= 11 is 0. The molecule has 3 saturated carbocycles. The molecule has 3 N–H and O–H groups in total. The first-order valence-corrected chi connectivity index (χ1v) is 9.99. The van der Waals surface area contributed by atoms with Crippen molar-refractivity contribution in [2.45, 2.75) is 77.4 Å². The van der Waals surface area contributed by atoms with E-state index in [1.165, 1.54) is 5.57 Å². The van der Waals surface area contributed by atoms with Crippen molar-refractivity contribution in [1.29, 1.82) is 0 Å². The van der Waals surface area contributed by atoms with E-state index >= 15 is 0 Å². The Hall–Kier alpha value is -0.380. The molecular weight excluding hydrogens is 300 g/mol. The fourth-order valence-electron chi connectivity index (χ4n) is 7.35. The van der Waals surface area contributed by atoms with Gasteiger partial charge in [0, 0.05) is 11.3 Å². The molecule has 3 unspecified atom stereocenters. The monoisotopic (exact) mass is 334 g/mol. The first-order valence-electron chi connectivity index (χ1n) is 9.99. The topological polar surface area (TPSA) is 60.7 Å². The lowest BCUT2D eigenvalue weighted by Gasteiger charge is -2.60. The van der Waals surface area contributed by atoms with Gasteiger partial charge in [-0.15, -0.1) is 0 Å². The summed E-state index contributed by atoms with van der Waals surface area (Å²) in [6.45, 7) is 6.70. The van der Waals surface area contributed by atoms with Crippen molar-refractivity contribution in [2.24, 2.45) is 34.5 Å². The van der Waals surface area contributed by atoms with Crippen LogP contribution in [0.5, 0.6) is 0 Å². The molecule has 3 nitrogen and oxygen atoms in total. The Kier molecular flexibility index (Phi) is 3.77. The zero-order valence-corrected chi connectivity index (χ0v) is 15.5. The molecule has 4 aliphatic rings. The summed E-state index contributed by atoms with van der Waals surface area (Å²) in [6.07, 6.45) is 9.10. The number of aliphatic hydroxyl groups is 3. The molecule has 24 heavy (non-hydrogen) atoms. The van der Waals surface area contributed by atoms with Crippen molar-refractivity contribution in [2.75, 3.05) is 6.61 Å². The van der Waals surface area contributed by atoms with Crippen molar-refractivity contribution >= 4 is 0 Å². The molecule has 0 aromatic heterocycles. The third-order valence-corrected chi connectivity index (χ3v) is 9.13. The molecular formula is C21H34O3. The standard InChI is InChI=1S/C21H34O3/c1-13-15-5-4-14-16-7-10-20(3,24)19(16,2)9-6-17(14)21(15,12-22)11-8-18(13)23/h5,13-14,16-18,22-24H,4,6-12H2,1-3H3/t13?,14-,16-,17+,18?,19-,20?,21+/m0/s1. The predicted octanol–water partition coefficient (Wildman–Crippen LogP) is 3.28. The van der Waals surface area contributed by atoms with Crippen LogP contribution in [-0.2, 0) is 0 Å². The Morgan fingerprint density at radius 2 is 1.79 bits per heavy atom. The highest BCUT2D eigenvalue weighted by Gasteiger charge is 2.63.